The predicted molar refractivity (Wildman–Crippen MR) is 84.4 cm³/mol. The molecule has 0 rings (SSSR count). The Morgan fingerprint density at radius 3 is 1.91 bits per heavy atom. The van der Waals surface area contributed by atoms with Crippen molar-refractivity contribution in [2.24, 2.45) is 0 Å². The lowest BCUT2D eigenvalue weighted by molar-refractivity contribution is -0.172. The summed E-state index contributed by atoms with van der Waals surface area (Å²) in [5.41, 5.74) is -3.95. The molecule has 0 aromatic heterocycles. The zero-order chi connectivity index (χ0) is 18.3. The number of hydrogen-bond acceptors (Lipinski definition) is 5. The van der Waals surface area contributed by atoms with Crippen LogP contribution in [0, 0.1) is 0 Å². The molecule has 0 N–H and O–H groups in total. The molecule has 0 bridgehead atoms. The summed E-state index contributed by atoms with van der Waals surface area (Å²) < 4.78 is 79.5. The van der Waals surface area contributed by atoms with Crippen LogP contribution in [0.15, 0.2) is 0 Å². The topological polar surface area (TPSA) is 61.8 Å². The minimum absolute atomic E-state index is 0.250. The van der Waals surface area contributed by atoms with E-state index in [1.807, 2.05) is 0 Å². The molecule has 0 aliphatic rings. The van der Waals surface area contributed by atoms with E-state index < -0.39 is 41.9 Å². The summed E-state index contributed by atoms with van der Waals surface area (Å²) in [4.78, 5) is 11.1. The molecule has 0 heterocycles. The molecule has 0 aliphatic carbocycles. The van der Waals surface area contributed by atoms with Gasteiger partial charge >= 0.3 is 25.2 Å². The summed E-state index contributed by atoms with van der Waals surface area (Å²) in [6.45, 7) is 3.26. The van der Waals surface area contributed by atoms with Crippen molar-refractivity contribution in [2.75, 3.05) is 19.8 Å². The Bertz CT molecular complexity index is 426. The lowest BCUT2D eigenvalue weighted by atomic mass is 10.1. The minimum atomic E-state index is -4.78. The van der Waals surface area contributed by atoms with Crippen LogP contribution in [0.1, 0.15) is 33.6 Å². The molecule has 138 valence electrons. The van der Waals surface area contributed by atoms with Gasteiger partial charge in [0.05, 0.1) is 19.8 Å². The van der Waals surface area contributed by atoms with Crippen molar-refractivity contribution in [2.45, 2.75) is 49.1 Å². The van der Waals surface area contributed by atoms with Gasteiger partial charge in [-0.3, -0.25) is 4.57 Å². The van der Waals surface area contributed by atoms with Crippen LogP contribution in [0.5, 0.6) is 0 Å². The molecule has 0 radical (unpaired) electrons. The van der Waals surface area contributed by atoms with Crippen molar-refractivity contribution < 1.29 is 40.7 Å². The summed E-state index contributed by atoms with van der Waals surface area (Å²) in [5.74, 6) is -5.68. The van der Waals surface area contributed by atoms with Crippen LogP contribution in [-0.2, 0) is 23.1 Å². The van der Waals surface area contributed by atoms with Gasteiger partial charge in [-0.15, -0.1) is 0 Å². The highest BCUT2D eigenvalue weighted by molar-refractivity contribution is 14.1. The van der Waals surface area contributed by atoms with Crippen LogP contribution < -0.4 is 0 Å². The Morgan fingerprint density at radius 1 is 1.04 bits per heavy atom. The molecule has 0 aliphatic heterocycles. The first-order chi connectivity index (χ1) is 10.5. The third-order valence-corrected chi connectivity index (χ3v) is 5.58. The van der Waals surface area contributed by atoms with Crippen molar-refractivity contribution in [3.05, 3.63) is 0 Å². The molecule has 0 spiro atoms. The Hall–Kier alpha value is 0.0700. The molecule has 5 nitrogen and oxygen atoms in total. The zero-order valence-corrected chi connectivity index (χ0v) is 16.0. The molecule has 1 unspecified atom stereocenters. The highest BCUT2D eigenvalue weighted by Gasteiger charge is 2.55. The van der Waals surface area contributed by atoms with Gasteiger partial charge in [0.2, 0.25) is 0 Å². The van der Waals surface area contributed by atoms with E-state index in [1.165, 1.54) is 43.4 Å². The molecule has 0 aromatic carbocycles. The third-order valence-electron chi connectivity index (χ3n) is 2.52. The molecule has 23 heavy (non-hydrogen) atoms. The molecule has 0 saturated heterocycles. The van der Waals surface area contributed by atoms with E-state index in [1.54, 1.807) is 0 Å². The molecular weight excluding hydrogens is 458 g/mol. The Morgan fingerprint density at radius 2 is 1.52 bits per heavy atom. The SMILES string of the molecule is CCOC(=O)C(F)(F)CC(I)CC(F)(F)P(=O)(OCC)OCC. The Kier molecular flexibility index (Phi) is 9.56. The van der Waals surface area contributed by atoms with Gasteiger partial charge in [0.25, 0.3) is 0 Å². The summed E-state index contributed by atoms with van der Waals surface area (Å²) in [6.07, 6.45) is -2.35. The van der Waals surface area contributed by atoms with E-state index in [9.17, 15) is 26.9 Å². The fraction of sp³-hybridized carbons (Fsp3) is 0.917. The van der Waals surface area contributed by atoms with Gasteiger partial charge in [-0.2, -0.15) is 17.6 Å². The normalized spacial score (nSPS) is 14.6. The maximum absolute atomic E-state index is 14.1. The maximum Gasteiger partial charge on any atom is 0.399 e. The van der Waals surface area contributed by atoms with Crippen LogP contribution in [-0.4, -0.2) is 41.3 Å². The Labute approximate surface area is 146 Å². The third kappa shape index (κ3) is 6.83. The molecule has 11 heteroatoms. The van der Waals surface area contributed by atoms with Crippen LogP contribution >= 0.6 is 30.2 Å². The van der Waals surface area contributed by atoms with Gasteiger partial charge in [0.15, 0.2) is 0 Å². The van der Waals surface area contributed by atoms with Gasteiger partial charge < -0.3 is 13.8 Å². The lowest BCUT2D eigenvalue weighted by Crippen LogP contribution is -2.35. The number of carbonyl (C=O) groups excluding carboxylic acids is 1. The predicted octanol–water partition coefficient (Wildman–Crippen LogP) is 4.63. The van der Waals surface area contributed by atoms with Crippen molar-refractivity contribution in [1.82, 2.24) is 0 Å². The average Bonchev–Trinajstić information content (AvgIpc) is 2.37. The smallest absolute Gasteiger partial charge is 0.399 e. The van der Waals surface area contributed by atoms with E-state index >= 15 is 0 Å². The van der Waals surface area contributed by atoms with Crippen LogP contribution in [0.2, 0.25) is 0 Å². The summed E-state index contributed by atoms with van der Waals surface area (Å²) in [5, 5.41) is 0. The quantitative estimate of drug-likeness (QED) is 0.143. The number of alkyl halides is 5. The Balaban J connectivity index is 5.01. The molecule has 0 amide bonds. The fourth-order valence-corrected chi connectivity index (χ4v) is 4.65. The highest BCUT2D eigenvalue weighted by atomic mass is 127. The second-order valence-corrected chi connectivity index (χ2v) is 8.36. The maximum atomic E-state index is 14.1. The summed E-state index contributed by atoms with van der Waals surface area (Å²) in [6, 6.07) is 0. The van der Waals surface area contributed by atoms with Crippen LogP contribution in [0.3, 0.4) is 0 Å². The number of ether oxygens (including phenoxy) is 1. The number of esters is 1. The minimum Gasteiger partial charge on any atom is -0.462 e. The monoisotopic (exact) mass is 478 g/mol. The fourth-order valence-electron chi connectivity index (χ4n) is 1.61. The first-order valence-electron chi connectivity index (χ1n) is 6.91. The number of hydrogen-bond donors (Lipinski definition) is 0. The van der Waals surface area contributed by atoms with E-state index in [0.717, 1.165) is 0 Å². The largest absolute Gasteiger partial charge is 0.462 e. The number of rotatable bonds is 11. The van der Waals surface area contributed by atoms with Crippen molar-refractivity contribution in [3.63, 3.8) is 0 Å². The van der Waals surface area contributed by atoms with Gasteiger partial charge in [-0.25, -0.2) is 4.79 Å². The van der Waals surface area contributed by atoms with E-state index in [0.29, 0.717) is 0 Å². The molecular formula is C12H20F4IO5P. The van der Waals surface area contributed by atoms with Crippen molar-refractivity contribution in [1.29, 1.82) is 0 Å². The second-order valence-electron chi connectivity index (χ2n) is 4.43. The first kappa shape index (κ1) is 23.1. The number of carbonyl (C=O) groups is 1. The summed E-state index contributed by atoms with van der Waals surface area (Å²) in [7, 11) is -4.78. The van der Waals surface area contributed by atoms with E-state index in [2.05, 4.69) is 13.8 Å². The van der Waals surface area contributed by atoms with E-state index in [4.69, 9.17) is 0 Å². The van der Waals surface area contributed by atoms with Gasteiger partial charge in [-0.1, -0.05) is 22.6 Å². The van der Waals surface area contributed by atoms with Gasteiger partial charge in [-0.05, 0) is 20.8 Å². The molecule has 0 aromatic rings. The lowest BCUT2D eigenvalue weighted by Gasteiger charge is -2.28. The average molecular weight is 478 g/mol. The molecule has 1 atom stereocenters. The highest BCUT2D eigenvalue weighted by Crippen LogP contribution is 2.64. The van der Waals surface area contributed by atoms with Crippen LogP contribution in [0.4, 0.5) is 17.6 Å². The first-order valence-corrected chi connectivity index (χ1v) is 9.70. The second kappa shape index (κ2) is 9.53. The standard InChI is InChI=1S/C12H20F4IO5P/c1-4-20-10(18)11(13,14)7-9(17)8-12(15,16)23(19,21-5-2)22-6-3/h9H,4-8H2,1-3H3. The van der Waals surface area contributed by atoms with Crippen molar-refractivity contribution >= 4 is 36.2 Å². The summed E-state index contributed by atoms with van der Waals surface area (Å²) >= 11 is 1.35. The van der Waals surface area contributed by atoms with Gasteiger partial charge in [0.1, 0.15) is 0 Å². The molecule has 0 saturated carbocycles. The van der Waals surface area contributed by atoms with E-state index in [-0.39, 0.29) is 19.8 Å². The number of halogens is 5. The molecule has 0 fully saturated rings. The zero-order valence-electron chi connectivity index (χ0n) is 13.0. The van der Waals surface area contributed by atoms with Gasteiger partial charge in [0, 0.05) is 16.8 Å². The van der Waals surface area contributed by atoms with Crippen LogP contribution in [0.25, 0.3) is 0 Å². The van der Waals surface area contributed by atoms with Crippen molar-refractivity contribution in [3.8, 4) is 0 Å².